The summed E-state index contributed by atoms with van der Waals surface area (Å²) in [6.45, 7) is 5.94. The number of hydrogen-bond acceptors (Lipinski definition) is 8. The van der Waals surface area contributed by atoms with E-state index >= 15 is 0 Å². The van der Waals surface area contributed by atoms with E-state index in [1.807, 2.05) is 23.7 Å². The minimum Gasteiger partial charge on any atom is -0.439 e. The molecule has 0 saturated carbocycles. The average Bonchev–Trinajstić information content (AvgIpc) is 3.21. The maximum absolute atomic E-state index is 5.84. The summed E-state index contributed by atoms with van der Waals surface area (Å²) in [5, 5.41) is 6.77. The van der Waals surface area contributed by atoms with Crippen molar-refractivity contribution in [3.8, 4) is 11.5 Å². The molecule has 8 heteroatoms. The molecule has 27 heavy (non-hydrogen) atoms. The fraction of sp³-hybridized carbons (Fsp3) is 0.211. The molecular weight excluding hydrogens is 360 g/mol. The van der Waals surface area contributed by atoms with Gasteiger partial charge in [0.25, 0.3) is 0 Å². The van der Waals surface area contributed by atoms with Crippen LogP contribution in [0.2, 0.25) is 0 Å². The molecule has 0 saturated heterocycles. The predicted octanol–water partition coefficient (Wildman–Crippen LogP) is 4.80. The Balaban J connectivity index is 1.69. The first kappa shape index (κ1) is 17.3. The number of benzene rings is 1. The Morgan fingerprint density at radius 2 is 2.04 bits per heavy atom. The minimum atomic E-state index is 0.237. The van der Waals surface area contributed by atoms with Crippen molar-refractivity contribution in [2.75, 3.05) is 16.4 Å². The SMILES string of the molecule is Cc1oc(-c2cnc(Nc3ccc4ncsc4c3)cc2NC(C)C)nc1N. The molecule has 0 unspecified atom stereocenters. The van der Waals surface area contributed by atoms with Crippen molar-refractivity contribution < 1.29 is 4.42 Å². The molecule has 0 spiro atoms. The lowest BCUT2D eigenvalue weighted by Gasteiger charge is -2.15. The van der Waals surface area contributed by atoms with Crippen LogP contribution in [0.1, 0.15) is 19.6 Å². The van der Waals surface area contributed by atoms with Gasteiger partial charge in [0.15, 0.2) is 5.82 Å². The Bertz CT molecular complexity index is 1080. The highest BCUT2D eigenvalue weighted by Crippen LogP contribution is 2.32. The number of aromatic nitrogens is 3. The molecule has 0 radical (unpaired) electrons. The molecule has 3 aromatic heterocycles. The lowest BCUT2D eigenvalue weighted by atomic mass is 10.2. The van der Waals surface area contributed by atoms with Gasteiger partial charge in [-0.25, -0.2) is 9.97 Å². The number of thiazole rings is 1. The number of oxazole rings is 1. The largest absolute Gasteiger partial charge is 0.439 e. The zero-order chi connectivity index (χ0) is 19.0. The number of nitrogens with one attached hydrogen (secondary N) is 2. The van der Waals surface area contributed by atoms with Crippen molar-refractivity contribution in [2.24, 2.45) is 0 Å². The highest BCUT2D eigenvalue weighted by atomic mass is 32.1. The summed E-state index contributed by atoms with van der Waals surface area (Å²) in [6, 6.07) is 8.23. The predicted molar refractivity (Wildman–Crippen MR) is 111 cm³/mol. The monoisotopic (exact) mass is 380 g/mol. The number of nitrogens with two attached hydrogens (primary N) is 1. The van der Waals surface area contributed by atoms with E-state index in [1.165, 1.54) is 0 Å². The molecule has 7 nitrogen and oxygen atoms in total. The zero-order valence-electron chi connectivity index (χ0n) is 15.3. The standard InChI is InChI=1S/C19H20N6OS/c1-10(2)23-15-7-17(21-8-13(15)19-25-18(20)11(3)26-19)24-12-4-5-14-16(6-12)27-9-22-14/h4-10H,20H2,1-3H3,(H2,21,23,24). The molecule has 0 aliphatic carbocycles. The Labute approximate surface area is 160 Å². The summed E-state index contributed by atoms with van der Waals surface area (Å²) in [5.41, 5.74) is 11.3. The van der Waals surface area contributed by atoms with Crippen LogP contribution in [0.25, 0.3) is 21.7 Å². The molecule has 0 amide bonds. The molecule has 4 rings (SSSR count). The van der Waals surface area contributed by atoms with Crippen LogP contribution in [0.5, 0.6) is 0 Å². The second kappa shape index (κ2) is 6.88. The fourth-order valence-electron chi connectivity index (χ4n) is 2.73. The second-order valence-corrected chi connectivity index (χ2v) is 7.42. The number of aryl methyl sites for hydroxylation is 1. The van der Waals surface area contributed by atoms with Crippen LogP contribution < -0.4 is 16.4 Å². The molecule has 4 aromatic rings. The lowest BCUT2D eigenvalue weighted by molar-refractivity contribution is 0.543. The van der Waals surface area contributed by atoms with E-state index < -0.39 is 0 Å². The number of anilines is 4. The summed E-state index contributed by atoms with van der Waals surface area (Å²) >= 11 is 1.61. The van der Waals surface area contributed by atoms with Gasteiger partial charge in [0.1, 0.15) is 11.6 Å². The maximum Gasteiger partial charge on any atom is 0.231 e. The van der Waals surface area contributed by atoms with Crippen LogP contribution in [0.3, 0.4) is 0 Å². The van der Waals surface area contributed by atoms with Crippen LogP contribution in [-0.4, -0.2) is 21.0 Å². The van der Waals surface area contributed by atoms with Gasteiger partial charge in [-0.05, 0) is 39.0 Å². The van der Waals surface area contributed by atoms with E-state index in [-0.39, 0.29) is 6.04 Å². The Hall–Kier alpha value is -3.13. The van der Waals surface area contributed by atoms with Crippen LogP contribution in [0.15, 0.2) is 40.4 Å². The van der Waals surface area contributed by atoms with E-state index in [2.05, 4.69) is 45.5 Å². The van der Waals surface area contributed by atoms with Gasteiger partial charge in [0.2, 0.25) is 5.89 Å². The van der Waals surface area contributed by atoms with Crippen LogP contribution in [0, 0.1) is 6.92 Å². The molecule has 0 atom stereocenters. The van der Waals surface area contributed by atoms with Crippen molar-refractivity contribution in [3.63, 3.8) is 0 Å². The van der Waals surface area contributed by atoms with Crippen LogP contribution in [-0.2, 0) is 0 Å². The number of fused-ring (bicyclic) bond motifs is 1. The number of rotatable bonds is 5. The molecule has 0 aliphatic heterocycles. The van der Waals surface area contributed by atoms with Crippen molar-refractivity contribution in [1.82, 2.24) is 15.0 Å². The Morgan fingerprint density at radius 1 is 1.19 bits per heavy atom. The topological polar surface area (TPSA) is 102 Å². The third-order valence-corrected chi connectivity index (χ3v) is 4.81. The van der Waals surface area contributed by atoms with Crippen LogP contribution in [0.4, 0.5) is 23.0 Å². The van der Waals surface area contributed by atoms with Gasteiger partial charge in [-0.1, -0.05) is 0 Å². The first-order chi connectivity index (χ1) is 13.0. The number of pyridine rings is 1. The van der Waals surface area contributed by atoms with Crippen LogP contribution >= 0.6 is 11.3 Å². The molecule has 0 bridgehead atoms. The van der Waals surface area contributed by atoms with Crippen molar-refractivity contribution in [2.45, 2.75) is 26.8 Å². The van der Waals surface area contributed by atoms with E-state index in [9.17, 15) is 0 Å². The van der Waals surface area contributed by atoms with Crippen molar-refractivity contribution in [3.05, 3.63) is 41.7 Å². The number of nitrogen functional groups attached to an aromatic ring is 1. The van der Waals surface area contributed by atoms with E-state index in [0.29, 0.717) is 17.5 Å². The van der Waals surface area contributed by atoms with Gasteiger partial charge in [-0.2, -0.15) is 4.98 Å². The third-order valence-electron chi connectivity index (χ3n) is 4.01. The smallest absolute Gasteiger partial charge is 0.231 e. The molecule has 0 fully saturated rings. The summed E-state index contributed by atoms with van der Waals surface area (Å²) in [6.07, 6.45) is 1.74. The maximum atomic E-state index is 5.84. The third kappa shape index (κ3) is 3.56. The summed E-state index contributed by atoms with van der Waals surface area (Å²) < 4.78 is 6.81. The first-order valence-corrected chi connectivity index (χ1v) is 9.47. The molecule has 4 N–H and O–H groups in total. The zero-order valence-corrected chi connectivity index (χ0v) is 16.1. The Kier molecular flexibility index (Phi) is 4.41. The van der Waals surface area contributed by atoms with E-state index in [1.54, 1.807) is 24.5 Å². The van der Waals surface area contributed by atoms with Gasteiger partial charge in [-0.3, -0.25) is 0 Å². The number of nitrogens with zero attached hydrogens (tertiary/aromatic N) is 3. The van der Waals surface area contributed by atoms with E-state index in [0.717, 1.165) is 33.0 Å². The first-order valence-electron chi connectivity index (χ1n) is 8.60. The van der Waals surface area contributed by atoms with Gasteiger partial charge in [0.05, 0.1) is 27.0 Å². The summed E-state index contributed by atoms with van der Waals surface area (Å²) in [7, 11) is 0. The van der Waals surface area contributed by atoms with Gasteiger partial charge >= 0.3 is 0 Å². The van der Waals surface area contributed by atoms with Gasteiger partial charge in [0, 0.05) is 24.0 Å². The van der Waals surface area contributed by atoms with Crippen molar-refractivity contribution in [1.29, 1.82) is 0 Å². The Morgan fingerprint density at radius 3 is 2.78 bits per heavy atom. The molecule has 0 aliphatic rings. The lowest BCUT2D eigenvalue weighted by Crippen LogP contribution is -2.11. The normalized spacial score (nSPS) is 11.3. The van der Waals surface area contributed by atoms with Crippen molar-refractivity contribution >= 4 is 44.6 Å². The highest BCUT2D eigenvalue weighted by Gasteiger charge is 2.15. The fourth-order valence-corrected chi connectivity index (χ4v) is 3.45. The van der Waals surface area contributed by atoms with Gasteiger partial charge < -0.3 is 20.8 Å². The minimum absolute atomic E-state index is 0.237. The highest BCUT2D eigenvalue weighted by molar-refractivity contribution is 7.16. The second-order valence-electron chi connectivity index (χ2n) is 6.53. The van der Waals surface area contributed by atoms with Gasteiger partial charge in [-0.15, -0.1) is 11.3 Å². The summed E-state index contributed by atoms with van der Waals surface area (Å²) in [5.74, 6) is 2.17. The molecule has 138 valence electrons. The molecule has 3 heterocycles. The molecular formula is C19H20N6OS. The quantitative estimate of drug-likeness (QED) is 0.457. The molecule has 1 aromatic carbocycles. The average molecular weight is 380 g/mol. The van der Waals surface area contributed by atoms with E-state index in [4.69, 9.17) is 10.2 Å². The summed E-state index contributed by atoms with van der Waals surface area (Å²) in [4.78, 5) is 13.1. The number of hydrogen-bond donors (Lipinski definition) is 3.